The maximum absolute atomic E-state index is 12.5. The molecule has 2 heterocycles. The lowest BCUT2D eigenvalue weighted by molar-refractivity contribution is 0.102. The van der Waals surface area contributed by atoms with Crippen LogP contribution in [0.25, 0.3) is 0 Å². The minimum absolute atomic E-state index is 0.172. The van der Waals surface area contributed by atoms with Crippen molar-refractivity contribution in [3.63, 3.8) is 0 Å². The monoisotopic (exact) mass is 372 g/mol. The van der Waals surface area contributed by atoms with Crippen LogP contribution in [-0.2, 0) is 6.42 Å². The van der Waals surface area contributed by atoms with Gasteiger partial charge in [0, 0.05) is 29.2 Å². The number of hydrogen-bond donors (Lipinski definition) is 1. The Labute approximate surface area is 163 Å². The number of rotatable bonds is 3. The smallest absolute Gasteiger partial charge is 0.255 e. The van der Waals surface area contributed by atoms with E-state index in [4.69, 9.17) is 9.47 Å². The van der Waals surface area contributed by atoms with Crippen LogP contribution >= 0.6 is 0 Å². The predicted octanol–water partition coefficient (Wildman–Crippen LogP) is 4.75. The largest absolute Gasteiger partial charge is 0.454 e. The number of carbonyl (C=O) groups is 1. The van der Waals surface area contributed by atoms with Gasteiger partial charge in [0.15, 0.2) is 11.5 Å². The Kier molecular flexibility index (Phi) is 4.13. The molecule has 28 heavy (non-hydrogen) atoms. The number of nitrogens with zero attached hydrogens (tertiary/aromatic N) is 1. The van der Waals surface area contributed by atoms with Crippen LogP contribution in [0.15, 0.2) is 66.7 Å². The molecule has 0 unspecified atom stereocenters. The van der Waals surface area contributed by atoms with Gasteiger partial charge in [-0.1, -0.05) is 18.2 Å². The van der Waals surface area contributed by atoms with E-state index >= 15 is 0 Å². The van der Waals surface area contributed by atoms with Gasteiger partial charge in [-0.05, 0) is 66.9 Å². The number of aryl methyl sites for hydroxylation is 1. The quantitative estimate of drug-likeness (QED) is 0.721. The first-order valence-corrected chi connectivity index (χ1v) is 9.44. The molecule has 140 valence electrons. The SMILES string of the molecule is O=C(Nc1ccc(N2CCCc3ccccc32)cc1)c1ccc2c(c1)OCO2. The van der Waals surface area contributed by atoms with Crippen molar-refractivity contribution in [2.45, 2.75) is 12.8 Å². The van der Waals surface area contributed by atoms with Crippen LogP contribution in [0.1, 0.15) is 22.3 Å². The van der Waals surface area contributed by atoms with Crippen LogP contribution in [0.3, 0.4) is 0 Å². The highest BCUT2D eigenvalue weighted by Crippen LogP contribution is 2.34. The van der Waals surface area contributed by atoms with Crippen LogP contribution in [0.5, 0.6) is 11.5 Å². The fraction of sp³-hybridized carbons (Fsp3) is 0.174. The van der Waals surface area contributed by atoms with Crippen LogP contribution in [-0.4, -0.2) is 19.2 Å². The predicted molar refractivity (Wildman–Crippen MR) is 109 cm³/mol. The van der Waals surface area contributed by atoms with E-state index < -0.39 is 0 Å². The van der Waals surface area contributed by atoms with Crippen molar-refractivity contribution in [3.8, 4) is 11.5 Å². The van der Waals surface area contributed by atoms with Gasteiger partial charge in [0.2, 0.25) is 6.79 Å². The number of benzene rings is 3. The molecule has 0 aliphatic carbocycles. The molecule has 0 radical (unpaired) electrons. The standard InChI is InChI=1S/C23H20N2O3/c26-23(17-7-12-21-22(14-17)28-15-27-21)24-18-8-10-19(11-9-18)25-13-3-5-16-4-1-2-6-20(16)25/h1-2,4,6-12,14H,3,5,13,15H2,(H,24,26). The number of anilines is 3. The Bertz CT molecular complexity index is 1030. The van der Waals surface area contributed by atoms with Crippen molar-refractivity contribution >= 4 is 23.0 Å². The lowest BCUT2D eigenvalue weighted by Gasteiger charge is -2.31. The van der Waals surface area contributed by atoms with Gasteiger partial charge < -0.3 is 19.7 Å². The highest BCUT2D eigenvalue weighted by Gasteiger charge is 2.18. The summed E-state index contributed by atoms with van der Waals surface area (Å²) in [7, 11) is 0. The average Bonchev–Trinajstić information content (AvgIpc) is 3.22. The number of carbonyl (C=O) groups excluding carboxylic acids is 1. The van der Waals surface area contributed by atoms with Crippen LogP contribution < -0.4 is 19.7 Å². The highest BCUT2D eigenvalue weighted by atomic mass is 16.7. The van der Waals surface area contributed by atoms with Crippen molar-refractivity contribution in [2.75, 3.05) is 23.6 Å². The molecule has 1 amide bonds. The van der Waals surface area contributed by atoms with Crippen molar-refractivity contribution in [1.29, 1.82) is 0 Å². The van der Waals surface area contributed by atoms with E-state index in [-0.39, 0.29) is 12.7 Å². The number of nitrogens with one attached hydrogen (secondary N) is 1. The fourth-order valence-corrected chi connectivity index (χ4v) is 3.77. The molecule has 1 N–H and O–H groups in total. The topological polar surface area (TPSA) is 50.8 Å². The number of amides is 1. The Morgan fingerprint density at radius 1 is 0.929 bits per heavy atom. The molecule has 0 fully saturated rings. The zero-order valence-electron chi connectivity index (χ0n) is 15.4. The third-order valence-electron chi connectivity index (χ3n) is 5.18. The first-order chi connectivity index (χ1) is 13.8. The molecule has 2 aliphatic heterocycles. The Morgan fingerprint density at radius 2 is 1.75 bits per heavy atom. The van der Waals surface area contributed by atoms with Crippen LogP contribution in [0.2, 0.25) is 0 Å². The summed E-state index contributed by atoms with van der Waals surface area (Å²) in [5.74, 6) is 1.10. The van der Waals surface area contributed by atoms with E-state index in [0.29, 0.717) is 17.1 Å². The number of fused-ring (bicyclic) bond motifs is 2. The summed E-state index contributed by atoms with van der Waals surface area (Å²) in [6.45, 7) is 1.20. The molecular weight excluding hydrogens is 352 g/mol. The van der Waals surface area contributed by atoms with Gasteiger partial charge in [0.05, 0.1) is 0 Å². The van der Waals surface area contributed by atoms with Crippen molar-refractivity contribution in [2.24, 2.45) is 0 Å². The maximum atomic E-state index is 12.5. The maximum Gasteiger partial charge on any atom is 0.255 e. The molecule has 0 saturated heterocycles. The van der Waals surface area contributed by atoms with E-state index in [9.17, 15) is 4.79 Å². The van der Waals surface area contributed by atoms with Crippen molar-refractivity contribution in [1.82, 2.24) is 0 Å². The van der Waals surface area contributed by atoms with Crippen molar-refractivity contribution in [3.05, 3.63) is 77.9 Å². The Hall–Kier alpha value is -3.47. The second kappa shape index (κ2) is 6.93. The summed E-state index contributed by atoms with van der Waals surface area (Å²) >= 11 is 0. The van der Waals surface area contributed by atoms with Gasteiger partial charge in [-0.2, -0.15) is 0 Å². The van der Waals surface area contributed by atoms with Gasteiger partial charge >= 0.3 is 0 Å². The molecule has 3 aromatic carbocycles. The average molecular weight is 372 g/mol. The molecule has 3 aromatic rings. The van der Waals surface area contributed by atoms with Crippen LogP contribution in [0, 0.1) is 0 Å². The van der Waals surface area contributed by atoms with Gasteiger partial charge in [0.1, 0.15) is 0 Å². The first-order valence-electron chi connectivity index (χ1n) is 9.44. The Balaban J connectivity index is 1.33. The Morgan fingerprint density at radius 3 is 2.64 bits per heavy atom. The van der Waals surface area contributed by atoms with E-state index in [1.807, 2.05) is 12.1 Å². The molecule has 5 heteroatoms. The van der Waals surface area contributed by atoms with Crippen LogP contribution in [0.4, 0.5) is 17.1 Å². The molecule has 5 nitrogen and oxygen atoms in total. The number of hydrogen-bond acceptors (Lipinski definition) is 4. The van der Waals surface area contributed by atoms with E-state index in [1.54, 1.807) is 18.2 Å². The van der Waals surface area contributed by atoms with E-state index in [0.717, 1.165) is 30.8 Å². The lowest BCUT2D eigenvalue weighted by atomic mass is 10.0. The van der Waals surface area contributed by atoms with E-state index in [1.165, 1.54) is 11.3 Å². The summed E-state index contributed by atoms with van der Waals surface area (Å²) < 4.78 is 10.6. The van der Waals surface area contributed by atoms with Crippen molar-refractivity contribution < 1.29 is 14.3 Å². The molecule has 5 rings (SSSR count). The third-order valence-corrected chi connectivity index (χ3v) is 5.18. The first kappa shape index (κ1) is 16.7. The third kappa shape index (κ3) is 3.05. The van der Waals surface area contributed by atoms with Gasteiger partial charge in [0.25, 0.3) is 5.91 Å². The fourth-order valence-electron chi connectivity index (χ4n) is 3.77. The molecule has 0 saturated carbocycles. The molecule has 0 spiro atoms. The summed E-state index contributed by atoms with van der Waals surface area (Å²) in [5.41, 5.74) is 5.09. The summed E-state index contributed by atoms with van der Waals surface area (Å²) in [6.07, 6.45) is 2.26. The highest BCUT2D eigenvalue weighted by molar-refractivity contribution is 6.04. The zero-order valence-corrected chi connectivity index (χ0v) is 15.4. The second-order valence-corrected chi connectivity index (χ2v) is 6.95. The number of para-hydroxylation sites is 1. The zero-order chi connectivity index (χ0) is 18.9. The lowest BCUT2D eigenvalue weighted by Crippen LogP contribution is -2.24. The minimum atomic E-state index is -0.172. The van der Waals surface area contributed by atoms with Gasteiger partial charge in [-0.3, -0.25) is 4.79 Å². The molecule has 0 atom stereocenters. The van der Waals surface area contributed by atoms with E-state index in [2.05, 4.69) is 46.6 Å². The minimum Gasteiger partial charge on any atom is -0.454 e. The summed E-state index contributed by atoms with van der Waals surface area (Å²) in [5, 5.41) is 2.94. The summed E-state index contributed by atoms with van der Waals surface area (Å²) in [6, 6.07) is 21.7. The van der Waals surface area contributed by atoms with Gasteiger partial charge in [-0.25, -0.2) is 0 Å². The normalized spacial score (nSPS) is 14.5. The van der Waals surface area contributed by atoms with Gasteiger partial charge in [-0.15, -0.1) is 0 Å². The molecule has 2 aliphatic rings. The number of ether oxygens (including phenoxy) is 2. The second-order valence-electron chi connectivity index (χ2n) is 6.95. The molecule has 0 aromatic heterocycles. The molecular formula is C23H20N2O3. The summed E-state index contributed by atoms with van der Waals surface area (Å²) in [4.78, 5) is 14.9. The molecule has 0 bridgehead atoms.